The number of carbonyl (C=O) groups is 1. The van der Waals surface area contributed by atoms with Crippen molar-refractivity contribution in [1.29, 1.82) is 0 Å². The van der Waals surface area contributed by atoms with Gasteiger partial charge in [0, 0.05) is 18.5 Å². The SMILES string of the molecule is [CH2]CCC(=O)N(CC)C(C)(C)C. The van der Waals surface area contributed by atoms with Gasteiger partial charge in [0.2, 0.25) is 5.91 Å². The Kier molecular flexibility index (Phi) is 4.29. The minimum atomic E-state index is -0.0546. The van der Waals surface area contributed by atoms with Crippen molar-refractivity contribution < 1.29 is 4.79 Å². The lowest BCUT2D eigenvalue weighted by molar-refractivity contribution is -0.135. The summed E-state index contributed by atoms with van der Waals surface area (Å²) in [6.45, 7) is 12.6. The summed E-state index contributed by atoms with van der Waals surface area (Å²) in [6, 6.07) is 0. The van der Waals surface area contributed by atoms with Gasteiger partial charge in [-0.3, -0.25) is 4.79 Å². The van der Waals surface area contributed by atoms with Gasteiger partial charge in [0.25, 0.3) is 0 Å². The Bertz CT molecular complexity index is 146. The molecule has 0 bridgehead atoms. The van der Waals surface area contributed by atoms with E-state index in [1.54, 1.807) is 0 Å². The van der Waals surface area contributed by atoms with Crippen molar-refractivity contribution in [1.82, 2.24) is 4.90 Å². The molecule has 0 unspecified atom stereocenters. The van der Waals surface area contributed by atoms with Crippen LogP contribution in [0.25, 0.3) is 0 Å². The monoisotopic (exact) mass is 170 g/mol. The number of carbonyl (C=O) groups excluding carboxylic acids is 1. The fourth-order valence-corrected chi connectivity index (χ4v) is 1.31. The summed E-state index contributed by atoms with van der Waals surface area (Å²) in [4.78, 5) is 13.4. The summed E-state index contributed by atoms with van der Waals surface area (Å²) < 4.78 is 0. The van der Waals surface area contributed by atoms with Gasteiger partial charge < -0.3 is 4.90 Å². The second-order valence-electron chi connectivity index (χ2n) is 3.91. The molecule has 0 atom stereocenters. The Morgan fingerprint density at radius 2 is 1.92 bits per heavy atom. The van der Waals surface area contributed by atoms with E-state index in [1.807, 2.05) is 11.8 Å². The molecule has 0 heterocycles. The van der Waals surface area contributed by atoms with Gasteiger partial charge in [-0.1, -0.05) is 6.92 Å². The summed E-state index contributed by atoms with van der Waals surface area (Å²) in [7, 11) is 0. The van der Waals surface area contributed by atoms with Crippen molar-refractivity contribution in [2.75, 3.05) is 6.54 Å². The maximum Gasteiger partial charge on any atom is 0.222 e. The molecule has 0 spiro atoms. The van der Waals surface area contributed by atoms with Crippen LogP contribution in [0.5, 0.6) is 0 Å². The van der Waals surface area contributed by atoms with E-state index in [1.165, 1.54) is 0 Å². The van der Waals surface area contributed by atoms with Crippen molar-refractivity contribution >= 4 is 5.91 Å². The molecular weight excluding hydrogens is 150 g/mol. The fraction of sp³-hybridized carbons (Fsp3) is 0.800. The number of amides is 1. The molecule has 0 saturated heterocycles. The Morgan fingerprint density at radius 1 is 1.42 bits per heavy atom. The lowest BCUT2D eigenvalue weighted by Gasteiger charge is -2.34. The number of nitrogens with zero attached hydrogens (tertiary/aromatic N) is 1. The maximum atomic E-state index is 11.5. The Morgan fingerprint density at radius 3 is 2.17 bits per heavy atom. The van der Waals surface area contributed by atoms with Gasteiger partial charge in [-0.2, -0.15) is 0 Å². The molecule has 0 aromatic carbocycles. The Labute approximate surface area is 75.9 Å². The van der Waals surface area contributed by atoms with Crippen molar-refractivity contribution in [2.24, 2.45) is 0 Å². The van der Waals surface area contributed by atoms with Crippen LogP contribution in [0.4, 0.5) is 0 Å². The first kappa shape index (κ1) is 11.5. The molecule has 0 rings (SSSR count). The fourth-order valence-electron chi connectivity index (χ4n) is 1.31. The molecule has 0 aromatic rings. The maximum absolute atomic E-state index is 11.5. The molecule has 1 radical (unpaired) electrons. The minimum absolute atomic E-state index is 0.0546. The summed E-state index contributed by atoms with van der Waals surface area (Å²) in [5, 5.41) is 0. The predicted molar refractivity (Wildman–Crippen MR) is 51.7 cm³/mol. The van der Waals surface area contributed by atoms with Crippen LogP contribution in [-0.4, -0.2) is 22.9 Å². The van der Waals surface area contributed by atoms with E-state index in [0.29, 0.717) is 12.8 Å². The summed E-state index contributed by atoms with van der Waals surface area (Å²) in [5.74, 6) is 0.208. The zero-order chi connectivity index (χ0) is 9.78. The van der Waals surface area contributed by atoms with Gasteiger partial charge in [0.15, 0.2) is 0 Å². The highest BCUT2D eigenvalue weighted by Crippen LogP contribution is 2.14. The zero-order valence-corrected chi connectivity index (χ0v) is 8.68. The number of rotatable bonds is 3. The average molecular weight is 170 g/mol. The Hall–Kier alpha value is -0.530. The van der Waals surface area contributed by atoms with Crippen LogP contribution in [0.2, 0.25) is 0 Å². The molecule has 12 heavy (non-hydrogen) atoms. The highest BCUT2D eigenvalue weighted by atomic mass is 16.2. The van der Waals surface area contributed by atoms with Crippen LogP contribution in [0.3, 0.4) is 0 Å². The van der Waals surface area contributed by atoms with Crippen LogP contribution in [0.15, 0.2) is 0 Å². The van der Waals surface area contributed by atoms with Crippen molar-refractivity contribution in [3.05, 3.63) is 6.92 Å². The molecule has 0 fully saturated rings. The molecule has 0 N–H and O–H groups in total. The highest BCUT2D eigenvalue weighted by Gasteiger charge is 2.23. The predicted octanol–water partition coefficient (Wildman–Crippen LogP) is 2.25. The first-order valence-corrected chi connectivity index (χ1v) is 4.53. The summed E-state index contributed by atoms with van der Waals surface area (Å²) >= 11 is 0. The molecule has 0 aromatic heterocycles. The van der Waals surface area contributed by atoms with Crippen LogP contribution in [0.1, 0.15) is 40.5 Å². The van der Waals surface area contributed by atoms with Gasteiger partial charge in [-0.15, -0.1) is 0 Å². The zero-order valence-electron chi connectivity index (χ0n) is 8.68. The third-order valence-corrected chi connectivity index (χ3v) is 1.82. The van der Waals surface area contributed by atoms with E-state index in [4.69, 9.17) is 0 Å². The molecular formula is C10H20NO. The van der Waals surface area contributed by atoms with E-state index in [9.17, 15) is 4.79 Å². The second kappa shape index (κ2) is 4.48. The van der Waals surface area contributed by atoms with Crippen molar-refractivity contribution in [3.8, 4) is 0 Å². The van der Waals surface area contributed by atoms with Crippen LogP contribution in [0, 0.1) is 6.92 Å². The average Bonchev–Trinajstić information content (AvgIpc) is 1.85. The molecule has 0 saturated carbocycles. The van der Waals surface area contributed by atoms with E-state index in [0.717, 1.165) is 6.54 Å². The quantitative estimate of drug-likeness (QED) is 0.636. The number of hydrogen-bond donors (Lipinski definition) is 0. The highest BCUT2D eigenvalue weighted by molar-refractivity contribution is 5.76. The third-order valence-electron chi connectivity index (χ3n) is 1.82. The first-order valence-electron chi connectivity index (χ1n) is 4.53. The van der Waals surface area contributed by atoms with Gasteiger partial charge in [0.1, 0.15) is 0 Å². The second-order valence-corrected chi connectivity index (χ2v) is 3.91. The van der Waals surface area contributed by atoms with Gasteiger partial charge in [-0.25, -0.2) is 0 Å². The lowest BCUT2D eigenvalue weighted by Crippen LogP contribution is -2.45. The molecule has 71 valence electrons. The van der Waals surface area contributed by atoms with Crippen LogP contribution in [-0.2, 0) is 4.79 Å². The Balaban J connectivity index is 4.25. The van der Waals surface area contributed by atoms with Crippen LogP contribution >= 0.6 is 0 Å². The summed E-state index contributed by atoms with van der Waals surface area (Å²) in [6.07, 6.45) is 1.25. The first-order chi connectivity index (χ1) is 5.43. The van der Waals surface area contributed by atoms with Gasteiger partial charge in [0.05, 0.1) is 0 Å². The smallest absolute Gasteiger partial charge is 0.222 e. The van der Waals surface area contributed by atoms with Gasteiger partial charge >= 0.3 is 0 Å². The van der Waals surface area contributed by atoms with E-state index in [2.05, 4.69) is 27.7 Å². The molecule has 2 nitrogen and oxygen atoms in total. The molecule has 1 amide bonds. The lowest BCUT2D eigenvalue weighted by atomic mass is 10.1. The van der Waals surface area contributed by atoms with E-state index >= 15 is 0 Å². The standard InChI is InChI=1S/C10H20NO/c1-6-8-9(12)11(7-2)10(3,4)5/h1,6-8H2,2-5H3. The minimum Gasteiger partial charge on any atom is -0.338 e. The third kappa shape index (κ3) is 3.24. The van der Waals surface area contributed by atoms with Crippen molar-refractivity contribution in [3.63, 3.8) is 0 Å². The molecule has 0 aliphatic heterocycles. The van der Waals surface area contributed by atoms with E-state index in [-0.39, 0.29) is 11.4 Å². The van der Waals surface area contributed by atoms with Crippen LogP contribution < -0.4 is 0 Å². The molecule has 0 aliphatic rings. The normalized spacial score (nSPS) is 11.4. The largest absolute Gasteiger partial charge is 0.338 e. The molecule has 2 heteroatoms. The van der Waals surface area contributed by atoms with E-state index < -0.39 is 0 Å². The topological polar surface area (TPSA) is 20.3 Å². The van der Waals surface area contributed by atoms with Crippen molar-refractivity contribution in [2.45, 2.75) is 46.1 Å². The summed E-state index contributed by atoms with van der Waals surface area (Å²) in [5.41, 5.74) is -0.0546. The molecule has 0 aliphatic carbocycles. The van der Waals surface area contributed by atoms with Gasteiger partial charge in [-0.05, 0) is 34.1 Å². The number of hydrogen-bond acceptors (Lipinski definition) is 1.